The number of nitrogens with zero attached hydrogens (tertiary/aromatic N) is 8. The second-order valence-electron chi connectivity index (χ2n) is 11.0. The third kappa shape index (κ3) is 5.50. The smallest absolute Gasteiger partial charge is 0.261 e. The van der Waals surface area contributed by atoms with Gasteiger partial charge in [0, 0.05) is 68.7 Å². The largest absolute Gasteiger partial charge is 0.457 e. The molecule has 0 spiro atoms. The summed E-state index contributed by atoms with van der Waals surface area (Å²) >= 11 is 0. The van der Waals surface area contributed by atoms with Crippen molar-refractivity contribution in [2.45, 2.75) is 25.2 Å². The van der Waals surface area contributed by atoms with Crippen LogP contribution in [-0.2, 0) is 4.79 Å². The minimum Gasteiger partial charge on any atom is -0.457 e. The lowest BCUT2D eigenvalue weighted by atomic mass is 9.92. The SMILES string of the molecule is Cc1cc(Nc2ncnn3ccc(C4CN(C(=O)/C=C/CN5CCC(F)(F)C5)C4)c23)ccc1Oc1ccn2ncnc2c1. The van der Waals surface area contributed by atoms with Crippen molar-refractivity contribution < 1.29 is 18.3 Å². The number of carbonyl (C=O) groups excluding carboxylic acids is 1. The zero-order chi connectivity index (χ0) is 29.6. The van der Waals surface area contributed by atoms with Gasteiger partial charge in [-0.1, -0.05) is 6.08 Å². The normalized spacial score (nSPS) is 17.2. The number of carbonyl (C=O) groups is 1. The molecule has 2 saturated heterocycles. The van der Waals surface area contributed by atoms with Gasteiger partial charge in [0.05, 0.1) is 6.54 Å². The van der Waals surface area contributed by atoms with Crippen LogP contribution in [0.3, 0.4) is 0 Å². The lowest BCUT2D eigenvalue weighted by Crippen LogP contribution is -2.47. The highest BCUT2D eigenvalue weighted by molar-refractivity contribution is 5.88. The molecule has 4 aromatic heterocycles. The number of hydrogen-bond acceptors (Lipinski definition) is 8. The first-order valence-corrected chi connectivity index (χ1v) is 14.0. The maximum absolute atomic E-state index is 13.4. The fraction of sp³-hybridized carbons (Fsp3) is 0.300. The molecule has 2 fully saturated rings. The molecule has 11 nitrogen and oxygen atoms in total. The number of alkyl halides is 2. The van der Waals surface area contributed by atoms with Gasteiger partial charge < -0.3 is 15.0 Å². The van der Waals surface area contributed by atoms with Crippen LogP contribution >= 0.6 is 0 Å². The molecule has 5 aromatic rings. The number of hydrogen-bond donors (Lipinski definition) is 1. The van der Waals surface area contributed by atoms with E-state index in [9.17, 15) is 13.6 Å². The highest BCUT2D eigenvalue weighted by atomic mass is 19.3. The Morgan fingerprint density at radius 2 is 1.91 bits per heavy atom. The summed E-state index contributed by atoms with van der Waals surface area (Å²) in [5.74, 6) is -0.568. The summed E-state index contributed by atoms with van der Waals surface area (Å²) < 4.78 is 36.3. The Morgan fingerprint density at radius 3 is 2.72 bits per heavy atom. The second-order valence-corrected chi connectivity index (χ2v) is 11.0. The van der Waals surface area contributed by atoms with Gasteiger partial charge in [-0.2, -0.15) is 10.2 Å². The summed E-state index contributed by atoms with van der Waals surface area (Å²) in [5, 5.41) is 11.9. The molecule has 0 bridgehead atoms. The predicted molar refractivity (Wildman–Crippen MR) is 155 cm³/mol. The summed E-state index contributed by atoms with van der Waals surface area (Å²) in [6.45, 7) is 3.53. The van der Waals surface area contributed by atoms with Gasteiger partial charge in [0.25, 0.3) is 5.92 Å². The van der Waals surface area contributed by atoms with Crippen LogP contribution in [0.15, 0.2) is 73.6 Å². The molecule has 43 heavy (non-hydrogen) atoms. The lowest BCUT2D eigenvalue weighted by Gasteiger charge is -2.38. The number of rotatable bonds is 8. The molecule has 7 rings (SSSR count). The van der Waals surface area contributed by atoms with Gasteiger partial charge in [-0.15, -0.1) is 0 Å². The van der Waals surface area contributed by atoms with E-state index in [1.54, 1.807) is 31.1 Å². The van der Waals surface area contributed by atoms with Crippen molar-refractivity contribution in [3.63, 3.8) is 0 Å². The molecule has 0 aliphatic carbocycles. The minimum atomic E-state index is -2.63. The van der Waals surface area contributed by atoms with Crippen LogP contribution < -0.4 is 10.1 Å². The van der Waals surface area contributed by atoms with Crippen LogP contribution in [-0.4, -0.2) is 83.5 Å². The first-order chi connectivity index (χ1) is 20.8. The number of fused-ring (bicyclic) bond motifs is 2. The molecule has 1 amide bonds. The quantitative estimate of drug-likeness (QED) is 0.267. The summed E-state index contributed by atoms with van der Waals surface area (Å²) in [4.78, 5) is 24.8. The Hall–Kier alpha value is -4.91. The Kier molecular flexibility index (Phi) is 6.73. The fourth-order valence-electron chi connectivity index (χ4n) is 5.59. The number of anilines is 2. The number of nitrogens with one attached hydrogen (secondary N) is 1. The van der Waals surface area contributed by atoms with E-state index in [4.69, 9.17) is 4.74 Å². The van der Waals surface area contributed by atoms with Crippen molar-refractivity contribution in [3.8, 4) is 11.5 Å². The number of ether oxygens (including phenoxy) is 1. The van der Waals surface area contributed by atoms with Gasteiger partial charge in [0.2, 0.25) is 5.91 Å². The Balaban J connectivity index is 1.01. The average Bonchev–Trinajstić information content (AvgIpc) is 3.68. The van der Waals surface area contributed by atoms with Crippen LogP contribution in [0.1, 0.15) is 23.5 Å². The van der Waals surface area contributed by atoms with Gasteiger partial charge >= 0.3 is 0 Å². The molecule has 1 N–H and O–H groups in total. The molecule has 220 valence electrons. The molecular weight excluding hydrogens is 556 g/mol. The van der Waals surface area contributed by atoms with Crippen molar-refractivity contribution in [2.75, 3.05) is 38.0 Å². The molecule has 0 saturated carbocycles. The Morgan fingerprint density at radius 1 is 1.09 bits per heavy atom. The number of halogens is 2. The zero-order valence-electron chi connectivity index (χ0n) is 23.4. The molecule has 0 atom stereocenters. The maximum Gasteiger partial charge on any atom is 0.261 e. The molecule has 2 aliphatic rings. The van der Waals surface area contributed by atoms with E-state index in [1.807, 2.05) is 49.5 Å². The number of likely N-dealkylation sites (tertiary alicyclic amines) is 2. The maximum atomic E-state index is 13.4. The van der Waals surface area contributed by atoms with Crippen LogP contribution in [0.5, 0.6) is 11.5 Å². The van der Waals surface area contributed by atoms with E-state index in [0.29, 0.717) is 43.4 Å². The van der Waals surface area contributed by atoms with Crippen molar-refractivity contribution in [3.05, 3.63) is 84.7 Å². The van der Waals surface area contributed by atoms with E-state index >= 15 is 0 Å². The fourth-order valence-corrected chi connectivity index (χ4v) is 5.59. The van der Waals surface area contributed by atoms with Crippen LogP contribution in [0.2, 0.25) is 0 Å². The van der Waals surface area contributed by atoms with Crippen LogP contribution in [0.25, 0.3) is 11.2 Å². The van der Waals surface area contributed by atoms with Crippen molar-refractivity contribution >= 4 is 28.6 Å². The van der Waals surface area contributed by atoms with Gasteiger partial charge in [0.15, 0.2) is 11.5 Å². The zero-order valence-corrected chi connectivity index (χ0v) is 23.4. The first-order valence-electron chi connectivity index (χ1n) is 14.0. The molecule has 0 unspecified atom stereocenters. The van der Waals surface area contributed by atoms with E-state index in [-0.39, 0.29) is 24.8 Å². The van der Waals surface area contributed by atoms with Crippen molar-refractivity contribution in [1.82, 2.24) is 39.0 Å². The Labute approximate surface area is 245 Å². The van der Waals surface area contributed by atoms with E-state index in [2.05, 4.69) is 25.5 Å². The average molecular weight is 586 g/mol. The highest BCUT2D eigenvalue weighted by Gasteiger charge is 2.37. The Bertz CT molecular complexity index is 1840. The van der Waals surface area contributed by atoms with Gasteiger partial charge in [-0.25, -0.2) is 27.8 Å². The van der Waals surface area contributed by atoms with Gasteiger partial charge in [-0.3, -0.25) is 9.69 Å². The topological polar surface area (TPSA) is 105 Å². The van der Waals surface area contributed by atoms with E-state index < -0.39 is 5.92 Å². The minimum absolute atomic E-state index is 0.112. The van der Waals surface area contributed by atoms with Gasteiger partial charge in [0.1, 0.15) is 29.7 Å². The van der Waals surface area contributed by atoms with Crippen molar-refractivity contribution in [1.29, 1.82) is 0 Å². The molecule has 1 aromatic carbocycles. The number of aromatic nitrogens is 6. The van der Waals surface area contributed by atoms with Crippen LogP contribution in [0, 0.1) is 6.92 Å². The first kappa shape index (κ1) is 27.0. The summed E-state index contributed by atoms with van der Waals surface area (Å²) in [5.41, 5.74) is 4.39. The summed E-state index contributed by atoms with van der Waals surface area (Å²) in [7, 11) is 0. The van der Waals surface area contributed by atoms with Crippen LogP contribution in [0.4, 0.5) is 20.3 Å². The monoisotopic (exact) mass is 585 g/mol. The van der Waals surface area contributed by atoms with E-state index in [0.717, 1.165) is 28.1 Å². The van der Waals surface area contributed by atoms with E-state index in [1.165, 1.54) is 18.7 Å². The molecule has 2 aliphatic heterocycles. The number of aryl methyl sites for hydroxylation is 1. The summed E-state index contributed by atoms with van der Waals surface area (Å²) in [6, 6.07) is 11.5. The summed E-state index contributed by atoms with van der Waals surface area (Å²) in [6.07, 6.45) is 9.72. The van der Waals surface area contributed by atoms with Crippen molar-refractivity contribution in [2.24, 2.45) is 0 Å². The third-order valence-corrected chi connectivity index (χ3v) is 7.91. The number of amides is 1. The molecule has 0 radical (unpaired) electrons. The second kappa shape index (κ2) is 10.7. The third-order valence-electron chi connectivity index (χ3n) is 7.91. The predicted octanol–water partition coefficient (Wildman–Crippen LogP) is 4.44. The lowest BCUT2D eigenvalue weighted by molar-refractivity contribution is -0.130. The molecule has 6 heterocycles. The number of benzene rings is 1. The molecule has 13 heteroatoms. The molecular formula is C30H29F2N9O2. The van der Waals surface area contributed by atoms with Gasteiger partial charge in [-0.05, 0) is 48.4 Å². The standard InChI is InChI=1S/C30H29F2N9O2/c1-20-13-22(4-5-25(20)43-23-6-10-40-26(14-23)33-18-35-40)37-29-28-24(7-11-41(28)36-19-34-29)21-15-39(16-21)27(42)3-2-9-38-12-8-30(31,32)17-38/h2-7,10-11,13-14,18-19,21H,8-9,12,15-17H2,1H3,(H,34,36,37)/b3-2+. The number of pyridine rings is 1. The highest BCUT2D eigenvalue weighted by Crippen LogP contribution is 2.35.